The van der Waals surface area contributed by atoms with Crippen molar-refractivity contribution in [2.75, 3.05) is 0 Å². The van der Waals surface area contributed by atoms with Crippen molar-refractivity contribution in [2.45, 2.75) is 12.5 Å². The number of hydrazine groups is 1. The van der Waals surface area contributed by atoms with Crippen molar-refractivity contribution < 1.29 is 0 Å². The molecule has 0 saturated heterocycles. The molecule has 0 fully saturated rings. The predicted octanol–water partition coefficient (Wildman–Crippen LogP) is 4.35. The van der Waals surface area contributed by atoms with E-state index in [1.807, 2.05) is 24.3 Å². The Labute approximate surface area is 136 Å². The number of nitrogens with one attached hydrogen (secondary N) is 1. The number of hydrogen-bond donors (Lipinski definition) is 2. The van der Waals surface area contributed by atoms with E-state index in [0.717, 1.165) is 11.1 Å². The van der Waals surface area contributed by atoms with Gasteiger partial charge in [0.1, 0.15) is 0 Å². The molecule has 1 atom stereocenters. The van der Waals surface area contributed by atoms with Gasteiger partial charge in [-0.1, -0.05) is 47.5 Å². The molecule has 0 heterocycles. The lowest BCUT2D eigenvalue weighted by atomic mass is 9.99. The summed E-state index contributed by atoms with van der Waals surface area (Å²) < 4.78 is 1.17. The molecule has 1 unspecified atom stereocenters. The van der Waals surface area contributed by atoms with Gasteiger partial charge < -0.3 is 0 Å². The highest BCUT2D eigenvalue weighted by Crippen LogP contribution is 2.27. The van der Waals surface area contributed by atoms with Crippen molar-refractivity contribution in [3.05, 3.63) is 67.2 Å². The van der Waals surface area contributed by atoms with E-state index < -0.39 is 0 Å². The highest BCUT2D eigenvalue weighted by Gasteiger charge is 2.15. The summed E-state index contributed by atoms with van der Waals surface area (Å²) in [5.41, 5.74) is 5.04. The average molecular weight is 407 g/mol. The second-order valence-corrected chi connectivity index (χ2v) is 6.19. The van der Waals surface area contributed by atoms with E-state index in [-0.39, 0.29) is 6.04 Å². The van der Waals surface area contributed by atoms with Crippen LogP contribution in [0.15, 0.2) is 42.5 Å². The molecule has 0 aromatic heterocycles. The second-order valence-electron chi connectivity index (χ2n) is 4.18. The molecular formula is C14H13Cl2IN2. The van der Waals surface area contributed by atoms with E-state index in [9.17, 15) is 0 Å². The number of halogens is 3. The molecule has 2 aromatic carbocycles. The van der Waals surface area contributed by atoms with Crippen LogP contribution >= 0.6 is 45.8 Å². The zero-order valence-corrected chi connectivity index (χ0v) is 13.7. The molecule has 0 saturated carbocycles. The number of benzene rings is 2. The van der Waals surface area contributed by atoms with Crippen molar-refractivity contribution in [2.24, 2.45) is 5.84 Å². The van der Waals surface area contributed by atoms with Crippen LogP contribution in [0.2, 0.25) is 10.0 Å². The van der Waals surface area contributed by atoms with Gasteiger partial charge >= 0.3 is 0 Å². The molecule has 3 N–H and O–H groups in total. The summed E-state index contributed by atoms with van der Waals surface area (Å²) in [6.45, 7) is 0. The molecule has 2 aromatic rings. The maximum Gasteiger partial charge on any atom is 0.0511 e. The Balaban J connectivity index is 2.27. The number of nitrogens with two attached hydrogens (primary N) is 1. The fourth-order valence-corrected chi connectivity index (χ4v) is 3.17. The molecule has 0 aliphatic heterocycles. The SMILES string of the molecule is NNC(Cc1ccc(Cl)cc1Cl)c1ccccc1I. The van der Waals surface area contributed by atoms with Crippen LogP contribution in [0.25, 0.3) is 0 Å². The molecule has 19 heavy (non-hydrogen) atoms. The predicted molar refractivity (Wildman–Crippen MR) is 89.4 cm³/mol. The topological polar surface area (TPSA) is 38.0 Å². The van der Waals surface area contributed by atoms with Gasteiger partial charge in [0.15, 0.2) is 0 Å². The lowest BCUT2D eigenvalue weighted by Crippen LogP contribution is -2.30. The van der Waals surface area contributed by atoms with E-state index in [1.165, 1.54) is 3.57 Å². The summed E-state index contributed by atoms with van der Waals surface area (Å²) in [5, 5.41) is 1.30. The lowest BCUT2D eigenvalue weighted by molar-refractivity contribution is 0.550. The van der Waals surface area contributed by atoms with Crippen molar-refractivity contribution in [3.63, 3.8) is 0 Å². The first-order valence-electron chi connectivity index (χ1n) is 5.76. The molecule has 0 amide bonds. The Hall–Kier alpha value is -0.330. The van der Waals surface area contributed by atoms with Crippen molar-refractivity contribution in [1.29, 1.82) is 0 Å². The molecule has 0 aliphatic carbocycles. The zero-order valence-electron chi connectivity index (χ0n) is 10.0. The summed E-state index contributed by atoms with van der Waals surface area (Å²) >= 11 is 14.4. The van der Waals surface area contributed by atoms with Gasteiger partial charge in [-0.25, -0.2) is 0 Å². The lowest BCUT2D eigenvalue weighted by Gasteiger charge is -2.18. The molecular weight excluding hydrogens is 394 g/mol. The van der Waals surface area contributed by atoms with Gasteiger partial charge in [-0.05, 0) is 58.3 Å². The van der Waals surface area contributed by atoms with Crippen LogP contribution in [0.4, 0.5) is 0 Å². The minimum absolute atomic E-state index is 0.0202. The quantitative estimate of drug-likeness (QED) is 0.450. The Bertz CT molecular complexity index is 575. The van der Waals surface area contributed by atoms with Gasteiger partial charge in [0.25, 0.3) is 0 Å². The molecule has 0 bridgehead atoms. The highest BCUT2D eigenvalue weighted by molar-refractivity contribution is 14.1. The highest BCUT2D eigenvalue weighted by atomic mass is 127. The monoisotopic (exact) mass is 406 g/mol. The van der Waals surface area contributed by atoms with Crippen LogP contribution in [-0.2, 0) is 6.42 Å². The van der Waals surface area contributed by atoms with Crippen molar-refractivity contribution in [1.82, 2.24) is 5.43 Å². The molecule has 5 heteroatoms. The van der Waals surface area contributed by atoms with Crippen molar-refractivity contribution >= 4 is 45.8 Å². The summed E-state index contributed by atoms with van der Waals surface area (Å²) in [7, 11) is 0. The van der Waals surface area contributed by atoms with Crippen LogP contribution in [0.1, 0.15) is 17.2 Å². The Kier molecular flexibility index (Phi) is 5.47. The normalized spacial score (nSPS) is 12.4. The first kappa shape index (κ1) is 15.1. The summed E-state index contributed by atoms with van der Waals surface area (Å²) in [4.78, 5) is 0. The minimum atomic E-state index is 0.0202. The first-order chi connectivity index (χ1) is 9.11. The van der Waals surface area contributed by atoms with Crippen LogP contribution in [0, 0.1) is 3.57 Å². The van der Waals surface area contributed by atoms with E-state index >= 15 is 0 Å². The Morgan fingerprint density at radius 1 is 1.16 bits per heavy atom. The summed E-state index contributed by atoms with van der Waals surface area (Å²) in [5.74, 6) is 5.68. The zero-order chi connectivity index (χ0) is 13.8. The average Bonchev–Trinajstić information content (AvgIpc) is 2.39. The van der Waals surface area contributed by atoms with Gasteiger partial charge in [0.05, 0.1) is 6.04 Å². The van der Waals surface area contributed by atoms with Crippen molar-refractivity contribution in [3.8, 4) is 0 Å². The van der Waals surface area contributed by atoms with Crippen LogP contribution in [0.5, 0.6) is 0 Å². The van der Waals surface area contributed by atoms with Gasteiger partial charge in [-0.3, -0.25) is 11.3 Å². The molecule has 2 rings (SSSR count). The van der Waals surface area contributed by atoms with Crippen LogP contribution < -0.4 is 11.3 Å². The molecule has 0 spiro atoms. The van der Waals surface area contributed by atoms with Crippen LogP contribution in [-0.4, -0.2) is 0 Å². The van der Waals surface area contributed by atoms with Gasteiger partial charge in [0, 0.05) is 13.6 Å². The number of rotatable bonds is 4. The summed E-state index contributed by atoms with van der Waals surface area (Å²) in [6.07, 6.45) is 0.715. The third-order valence-electron chi connectivity index (χ3n) is 2.92. The van der Waals surface area contributed by atoms with E-state index in [0.29, 0.717) is 16.5 Å². The molecule has 0 radical (unpaired) electrons. The Morgan fingerprint density at radius 2 is 1.89 bits per heavy atom. The largest absolute Gasteiger partial charge is 0.271 e. The standard InChI is InChI=1S/C14H13Cl2IN2/c15-10-6-5-9(12(16)8-10)7-14(19-18)11-3-1-2-4-13(11)17/h1-6,8,14,19H,7,18H2. The third kappa shape index (κ3) is 3.83. The third-order valence-corrected chi connectivity index (χ3v) is 4.49. The smallest absolute Gasteiger partial charge is 0.0511 e. The van der Waals surface area contributed by atoms with Gasteiger partial charge in [-0.15, -0.1) is 0 Å². The van der Waals surface area contributed by atoms with E-state index in [1.54, 1.807) is 6.07 Å². The number of hydrogen-bond acceptors (Lipinski definition) is 2. The van der Waals surface area contributed by atoms with Gasteiger partial charge in [-0.2, -0.15) is 0 Å². The fraction of sp³-hybridized carbons (Fsp3) is 0.143. The minimum Gasteiger partial charge on any atom is -0.271 e. The molecule has 2 nitrogen and oxygen atoms in total. The fourth-order valence-electron chi connectivity index (χ4n) is 1.92. The summed E-state index contributed by atoms with van der Waals surface area (Å²) in [6, 6.07) is 13.7. The van der Waals surface area contributed by atoms with E-state index in [4.69, 9.17) is 29.0 Å². The Morgan fingerprint density at radius 3 is 2.53 bits per heavy atom. The van der Waals surface area contributed by atoms with Gasteiger partial charge in [0.2, 0.25) is 0 Å². The second kappa shape index (κ2) is 6.90. The maximum absolute atomic E-state index is 6.20. The van der Waals surface area contributed by atoms with Crippen LogP contribution in [0.3, 0.4) is 0 Å². The molecule has 0 aliphatic rings. The maximum atomic E-state index is 6.20. The first-order valence-corrected chi connectivity index (χ1v) is 7.59. The molecule has 100 valence electrons. The van der Waals surface area contributed by atoms with E-state index in [2.05, 4.69) is 40.1 Å².